The van der Waals surface area contributed by atoms with Crippen LogP contribution >= 0.6 is 0 Å². The van der Waals surface area contributed by atoms with Gasteiger partial charge in [-0.15, -0.1) is 0 Å². The number of rotatable bonds is 2. The van der Waals surface area contributed by atoms with Gasteiger partial charge in [-0.2, -0.15) is 0 Å². The van der Waals surface area contributed by atoms with Gasteiger partial charge < -0.3 is 15.5 Å². The van der Waals surface area contributed by atoms with E-state index in [9.17, 15) is 9.59 Å². The van der Waals surface area contributed by atoms with Crippen molar-refractivity contribution in [3.8, 4) is 0 Å². The predicted molar refractivity (Wildman–Crippen MR) is 94.6 cm³/mol. The van der Waals surface area contributed by atoms with Gasteiger partial charge in [0.25, 0.3) is 5.91 Å². The first kappa shape index (κ1) is 16.8. The Bertz CT molecular complexity index is 615. The molecule has 0 aromatic heterocycles. The lowest BCUT2D eigenvalue weighted by molar-refractivity contribution is -0.138. The third kappa shape index (κ3) is 3.55. The van der Waals surface area contributed by atoms with E-state index in [-0.39, 0.29) is 11.8 Å². The Kier molecular flexibility index (Phi) is 5.07. The molecule has 130 valence electrons. The van der Waals surface area contributed by atoms with Crippen molar-refractivity contribution >= 4 is 17.5 Å². The molecule has 3 rings (SSSR count). The molecule has 1 aromatic rings. The molecule has 0 bridgehead atoms. The summed E-state index contributed by atoms with van der Waals surface area (Å²) < 4.78 is 0. The van der Waals surface area contributed by atoms with E-state index in [1.165, 1.54) is 19.3 Å². The van der Waals surface area contributed by atoms with Crippen molar-refractivity contribution in [3.63, 3.8) is 0 Å². The minimum atomic E-state index is 0.0181. The Labute approximate surface area is 143 Å². The van der Waals surface area contributed by atoms with Crippen molar-refractivity contribution in [3.05, 3.63) is 29.3 Å². The van der Waals surface area contributed by atoms with Crippen LogP contribution in [0.1, 0.15) is 48.0 Å². The second-order valence-electron chi connectivity index (χ2n) is 7.03. The quantitative estimate of drug-likeness (QED) is 0.848. The maximum absolute atomic E-state index is 12.7. The highest BCUT2D eigenvalue weighted by molar-refractivity contribution is 5.96. The number of hydrogen-bond acceptors (Lipinski definition) is 3. The summed E-state index contributed by atoms with van der Waals surface area (Å²) in [6.07, 6.45) is 5.65. The third-order valence-electron chi connectivity index (χ3n) is 5.33. The summed E-state index contributed by atoms with van der Waals surface area (Å²) in [5.74, 6) is 0.517. The van der Waals surface area contributed by atoms with Gasteiger partial charge in [-0.3, -0.25) is 9.59 Å². The molecular formula is C19H27N3O2. The molecule has 1 aliphatic heterocycles. The van der Waals surface area contributed by atoms with E-state index in [4.69, 9.17) is 5.73 Å². The van der Waals surface area contributed by atoms with Gasteiger partial charge in [0, 0.05) is 43.3 Å². The zero-order chi connectivity index (χ0) is 17.1. The molecule has 5 nitrogen and oxygen atoms in total. The average molecular weight is 329 g/mol. The normalized spacial score (nSPS) is 19.4. The summed E-state index contributed by atoms with van der Waals surface area (Å²) >= 11 is 0. The average Bonchev–Trinajstić information content (AvgIpc) is 2.63. The summed E-state index contributed by atoms with van der Waals surface area (Å²) in [6.45, 7) is 4.41. The van der Waals surface area contributed by atoms with Gasteiger partial charge in [0.15, 0.2) is 0 Å². The Balaban J connectivity index is 1.59. The number of nitrogen functional groups attached to an aromatic ring is 1. The van der Waals surface area contributed by atoms with Gasteiger partial charge in [-0.1, -0.05) is 25.3 Å². The molecule has 0 spiro atoms. The van der Waals surface area contributed by atoms with Gasteiger partial charge in [-0.25, -0.2) is 0 Å². The fraction of sp³-hybridized carbons (Fsp3) is 0.579. The molecule has 1 heterocycles. The van der Waals surface area contributed by atoms with Crippen molar-refractivity contribution in [2.45, 2.75) is 39.0 Å². The Morgan fingerprint density at radius 3 is 2.29 bits per heavy atom. The van der Waals surface area contributed by atoms with Crippen molar-refractivity contribution in [1.29, 1.82) is 0 Å². The zero-order valence-corrected chi connectivity index (χ0v) is 14.5. The maximum atomic E-state index is 12.7. The van der Waals surface area contributed by atoms with Crippen LogP contribution in [0.4, 0.5) is 5.69 Å². The number of benzene rings is 1. The van der Waals surface area contributed by atoms with Crippen LogP contribution in [0.25, 0.3) is 0 Å². The fourth-order valence-electron chi connectivity index (χ4n) is 3.78. The topological polar surface area (TPSA) is 66.6 Å². The van der Waals surface area contributed by atoms with Crippen LogP contribution in [0.15, 0.2) is 18.2 Å². The highest BCUT2D eigenvalue weighted by Crippen LogP contribution is 2.26. The number of carbonyl (C=O) groups excluding carboxylic acids is 2. The van der Waals surface area contributed by atoms with Crippen molar-refractivity contribution in [2.75, 3.05) is 31.9 Å². The molecule has 1 aliphatic carbocycles. The smallest absolute Gasteiger partial charge is 0.254 e. The van der Waals surface area contributed by atoms with Crippen molar-refractivity contribution in [1.82, 2.24) is 9.80 Å². The number of carbonyl (C=O) groups is 2. The molecular weight excluding hydrogens is 302 g/mol. The lowest BCUT2D eigenvalue weighted by atomic mass is 9.88. The summed E-state index contributed by atoms with van der Waals surface area (Å²) in [6, 6.07) is 5.44. The Hall–Kier alpha value is -2.04. The molecule has 5 heteroatoms. The molecule has 0 unspecified atom stereocenters. The van der Waals surface area contributed by atoms with Crippen LogP contribution in [0.5, 0.6) is 0 Å². The van der Waals surface area contributed by atoms with Crippen LogP contribution in [-0.2, 0) is 4.79 Å². The lowest BCUT2D eigenvalue weighted by Gasteiger charge is -2.37. The first-order chi connectivity index (χ1) is 11.6. The zero-order valence-electron chi connectivity index (χ0n) is 14.5. The van der Waals surface area contributed by atoms with Gasteiger partial charge in [0.05, 0.1) is 0 Å². The molecule has 0 radical (unpaired) electrons. The molecule has 1 saturated heterocycles. The van der Waals surface area contributed by atoms with Crippen molar-refractivity contribution < 1.29 is 9.59 Å². The number of nitrogens with zero attached hydrogens (tertiary/aromatic N) is 2. The van der Waals surface area contributed by atoms with Gasteiger partial charge in [0.1, 0.15) is 0 Å². The minimum Gasteiger partial charge on any atom is -0.399 e. The summed E-state index contributed by atoms with van der Waals surface area (Å²) in [5, 5.41) is 0. The Morgan fingerprint density at radius 1 is 1.00 bits per heavy atom. The van der Waals surface area contributed by atoms with Crippen LogP contribution in [0.2, 0.25) is 0 Å². The fourth-order valence-corrected chi connectivity index (χ4v) is 3.78. The number of aryl methyl sites for hydroxylation is 1. The van der Waals surface area contributed by atoms with E-state index in [1.54, 1.807) is 6.07 Å². The molecule has 0 atom stereocenters. The Morgan fingerprint density at radius 2 is 1.62 bits per heavy atom. The lowest BCUT2D eigenvalue weighted by Crippen LogP contribution is -2.52. The molecule has 2 amide bonds. The summed E-state index contributed by atoms with van der Waals surface area (Å²) in [5.41, 5.74) is 8.03. The molecule has 24 heavy (non-hydrogen) atoms. The monoisotopic (exact) mass is 329 g/mol. The molecule has 2 fully saturated rings. The highest BCUT2D eigenvalue weighted by atomic mass is 16.2. The highest BCUT2D eigenvalue weighted by Gasteiger charge is 2.30. The van der Waals surface area contributed by atoms with E-state index < -0.39 is 0 Å². The standard InChI is InChI=1S/C19H27N3O2/c1-14-7-8-16(20)13-17(14)19(24)22-11-9-21(10-12-22)18(23)15-5-3-2-4-6-15/h7-8,13,15H,2-6,9-12,20H2,1H3. The van der Waals surface area contributed by atoms with E-state index in [0.717, 1.165) is 18.4 Å². The van der Waals surface area contributed by atoms with E-state index in [2.05, 4.69) is 0 Å². The second-order valence-corrected chi connectivity index (χ2v) is 7.03. The van der Waals surface area contributed by atoms with Gasteiger partial charge in [-0.05, 0) is 37.5 Å². The number of anilines is 1. The van der Waals surface area contributed by atoms with E-state index >= 15 is 0 Å². The van der Waals surface area contributed by atoms with Gasteiger partial charge >= 0.3 is 0 Å². The predicted octanol–water partition coefficient (Wildman–Crippen LogP) is 2.44. The maximum Gasteiger partial charge on any atom is 0.254 e. The molecule has 2 aliphatic rings. The van der Waals surface area contributed by atoms with Crippen LogP contribution in [0.3, 0.4) is 0 Å². The minimum absolute atomic E-state index is 0.0181. The number of hydrogen-bond donors (Lipinski definition) is 1. The molecule has 1 saturated carbocycles. The number of piperazine rings is 1. The largest absolute Gasteiger partial charge is 0.399 e. The molecule has 1 aromatic carbocycles. The summed E-state index contributed by atoms with van der Waals surface area (Å²) in [4.78, 5) is 29.1. The first-order valence-electron chi connectivity index (χ1n) is 9.00. The SMILES string of the molecule is Cc1ccc(N)cc1C(=O)N1CCN(C(=O)C2CCCCC2)CC1. The van der Waals surface area contributed by atoms with Crippen LogP contribution in [-0.4, -0.2) is 47.8 Å². The van der Waals surface area contributed by atoms with E-state index in [1.807, 2.05) is 28.9 Å². The second kappa shape index (κ2) is 7.24. The van der Waals surface area contributed by atoms with Crippen LogP contribution in [0, 0.1) is 12.8 Å². The third-order valence-corrected chi connectivity index (χ3v) is 5.33. The molecule has 2 N–H and O–H groups in total. The number of amides is 2. The van der Waals surface area contributed by atoms with Crippen molar-refractivity contribution in [2.24, 2.45) is 5.92 Å². The van der Waals surface area contributed by atoms with Crippen LogP contribution < -0.4 is 5.73 Å². The van der Waals surface area contributed by atoms with Gasteiger partial charge in [0.2, 0.25) is 5.91 Å². The number of nitrogens with two attached hydrogens (primary N) is 1. The summed E-state index contributed by atoms with van der Waals surface area (Å²) in [7, 11) is 0. The first-order valence-corrected chi connectivity index (χ1v) is 9.00. The van der Waals surface area contributed by atoms with E-state index in [0.29, 0.717) is 43.3 Å².